The maximum Gasteiger partial charge on any atom is 0.341 e. The van der Waals surface area contributed by atoms with Crippen molar-refractivity contribution in [3.63, 3.8) is 0 Å². The van der Waals surface area contributed by atoms with Crippen molar-refractivity contribution < 1.29 is 29.6 Å². The number of hydrogen-bond donors (Lipinski definition) is 3. The normalized spacial score (nSPS) is 9.95. The first kappa shape index (κ1) is 29.9. The van der Waals surface area contributed by atoms with Crippen LogP contribution < -0.4 is 4.74 Å². The number of aliphatic hydroxyl groups is 1. The zero-order chi connectivity index (χ0) is 27.2. The van der Waals surface area contributed by atoms with Crippen LogP contribution in [0.5, 0.6) is 5.88 Å². The van der Waals surface area contributed by atoms with Crippen LogP contribution in [-0.4, -0.2) is 69.5 Å². The summed E-state index contributed by atoms with van der Waals surface area (Å²) in [6, 6.07) is 2.86. The van der Waals surface area contributed by atoms with Gasteiger partial charge in [0.1, 0.15) is 17.3 Å². The minimum absolute atomic E-state index is 0.000648. The summed E-state index contributed by atoms with van der Waals surface area (Å²) in [6.45, 7) is 1.72. The van der Waals surface area contributed by atoms with Crippen molar-refractivity contribution in [3.8, 4) is 5.88 Å². The molecule has 4 aromatic heterocycles. The van der Waals surface area contributed by atoms with Crippen LogP contribution in [-0.2, 0) is 13.1 Å². The summed E-state index contributed by atoms with van der Waals surface area (Å²) >= 11 is 11.7. The molecule has 0 aliphatic heterocycles. The Morgan fingerprint density at radius 2 is 1.43 bits per heavy atom. The Labute approximate surface area is 232 Å². The van der Waals surface area contributed by atoms with E-state index < -0.39 is 11.9 Å². The van der Waals surface area contributed by atoms with Crippen LogP contribution in [0.2, 0.25) is 5.15 Å². The number of nitrogens with zero attached hydrogens (tertiary/aromatic N) is 6. The number of halogens is 3. The summed E-state index contributed by atoms with van der Waals surface area (Å²) in [5.74, 6) is -2.03. The van der Waals surface area contributed by atoms with Crippen molar-refractivity contribution >= 4 is 55.4 Å². The van der Waals surface area contributed by atoms with E-state index in [0.29, 0.717) is 28.6 Å². The highest BCUT2D eigenvalue weighted by Gasteiger charge is 2.13. The molecular formula is C22H21Br2ClN6O6. The largest absolute Gasteiger partial charge is 0.478 e. The van der Waals surface area contributed by atoms with E-state index in [0.717, 1.165) is 0 Å². The Morgan fingerprint density at radius 1 is 0.892 bits per heavy atom. The van der Waals surface area contributed by atoms with Gasteiger partial charge in [-0.15, -0.1) is 0 Å². The zero-order valence-corrected chi connectivity index (χ0v) is 22.9. The molecule has 0 atom stereocenters. The molecule has 0 radical (unpaired) electrons. The minimum Gasteiger partial charge on any atom is -0.478 e. The van der Waals surface area contributed by atoms with Crippen LogP contribution in [0.15, 0.2) is 70.9 Å². The maximum absolute atomic E-state index is 11.0. The van der Waals surface area contributed by atoms with Crippen LogP contribution in [0.3, 0.4) is 0 Å². The van der Waals surface area contributed by atoms with Gasteiger partial charge in [0.05, 0.1) is 31.4 Å². The van der Waals surface area contributed by atoms with Crippen molar-refractivity contribution in [3.05, 3.63) is 87.2 Å². The molecule has 3 N–H and O–H groups in total. The molecule has 0 saturated carbocycles. The van der Waals surface area contributed by atoms with Crippen molar-refractivity contribution in [2.75, 3.05) is 13.2 Å². The monoisotopic (exact) mass is 658 g/mol. The molecule has 12 nitrogen and oxygen atoms in total. The van der Waals surface area contributed by atoms with E-state index in [4.69, 9.17) is 31.7 Å². The second-order valence-corrected chi connectivity index (χ2v) is 8.97. The van der Waals surface area contributed by atoms with Gasteiger partial charge >= 0.3 is 11.9 Å². The molecule has 0 aliphatic rings. The number of rotatable bonds is 8. The van der Waals surface area contributed by atoms with E-state index >= 15 is 0 Å². The zero-order valence-electron chi connectivity index (χ0n) is 19.0. The van der Waals surface area contributed by atoms with Crippen LogP contribution in [0, 0.1) is 0 Å². The molecule has 196 valence electrons. The quantitative estimate of drug-likeness (QED) is 0.236. The Morgan fingerprint density at radius 3 is 1.92 bits per heavy atom. The average molecular weight is 661 g/mol. The maximum atomic E-state index is 11.0. The number of aromatic nitrogens is 6. The standard InChI is InChI=1S/C11H10BrN3O3.C6H3BrClNO2.C5H8N2O/c12-8-5-9(11(16)17)10(14-6-8)18-4-3-15-2-1-13-7-15;7-3-1-4(6(10)11)5(8)9-2-3;8-4-3-7-2-1-6-5-7/h1-2,5-7H,3-4H2,(H,16,17);1-2H,(H,10,11);1-2,5,8H,3-4H2. The Balaban J connectivity index is 0.000000215. The van der Waals surface area contributed by atoms with Crippen molar-refractivity contribution in [2.24, 2.45) is 0 Å². The number of hydrogen-bond acceptors (Lipinski definition) is 8. The molecule has 4 heterocycles. The van der Waals surface area contributed by atoms with Gasteiger partial charge in [-0.2, -0.15) is 0 Å². The van der Waals surface area contributed by atoms with E-state index in [1.165, 1.54) is 24.5 Å². The van der Waals surface area contributed by atoms with E-state index in [2.05, 4.69) is 51.8 Å². The molecule has 4 aromatic rings. The van der Waals surface area contributed by atoms with Crippen molar-refractivity contribution in [1.29, 1.82) is 0 Å². The minimum atomic E-state index is -1.08. The van der Waals surface area contributed by atoms with Gasteiger partial charge in [-0.1, -0.05) is 11.6 Å². The van der Waals surface area contributed by atoms with Gasteiger partial charge in [0.2, 0.25) is 5.88 Å². The molecule has 0 spiro atoms. The molecule has 0 unspecified atom stereocenters. The molecule has 0 amide bonds. The first-order valence-corrected chi connectivity index (χ1v) is 12.3. The lowest BCUT2D eigenvalue weighted by Gasteiger charge is -2.08. The summed E-state index contributed by atoms with van der Waals surface area (Å²) in [4.78, 5) is 36.7. The first-order chi connectivity index (χ1) is 17.7. The Hall–Kier alpha value is -3.33. The van der Waals surface area contributed by atoms with E-state index in [1.54, 1.807) is 31.2 Å². The van der Waals surface area contributed by atoms with E-state index in [-0.39, 0.29) is 28.8 Å². The molecule has 0 aliphatic carbocycles. The van der Waals surface area contributed by atoms with Crippen molar-refractivity contribution in [2.45, 2.75) is 13.1 Å². The number of aromatic carboxylic acids is 2. The van der Waals surface area contributed by atoms with Gasteiger partial charge in [-0.3, -0.25) is 0 Å². The van der Waals surface area contributed by atoms with Gasteiger partial charge in [0.25, 0.3) is 0 Å². The molecule has 37 heavy (non-hydrogen) atoms. The highest BCUT2D eigenvalue weighted by atomic mass is 79.9. The molecule has 4 rings (SSSR count). The van der Waals surface area contributed by atoms with Crippen LogP contribution >= 0.6 is 43.5 Å². The molecule has 0 bridgehead atoms. The lowest BCUT2D eigenvalue weighted by atomic mass is 10.3. The molecule has 0 fully saturated rings. The second kappa shape index (κ2) is 15.7. The predicted octanol–water partition coefficient (Wildman–Crippen LogP) is 3.89. The number of pyridine rings is 2. The summed E-state index contributed by atoms with van der Waals surface area (Å²) in [5.41, 5.74) is 0.0380. The third-order valence-corrected chi connectivity index (χ3v) is 5.32. The van der Waals surface area contributed by atoms with Gasteiger partial charge in [0, 0.05) is 52.7 Å². The summed E-state index contributed by atoms with van der Waals surface area (Å²) < 4.78 is 10.2. The Kier molecular flexibility index (Phi) is 12.7. The summed E-state index contributed by atoms with van der Waals surface area (Å²) in [5, 5.41) is 26.0. The summed E-state index contributed by atoms with van der Waals surface area (Å²) in [7, 11) is 0. The number of ether oxygens (including phenoxy) is 1. The number of carboxylic acids is 2. The molecule has 15 heteroatoms. The van der Waals surface area contributed by atoms with Gasteiger partial charge < -0.3 is 29.2 Å². The Bertz CT molecular complexity index is 1270. The third-order valence-electron chi connectivity index (χ3n) is 4.15. The van der Waals surface area contributed by atoms with Crippen LogP contribution in [0.25, 0.3) is 0 Å². The smallest absolute Gasteiger partial charge is 0.341 e. The number of imidazole rings is 2. The fourth-order valence-electron chi connectivity index (χ4n) is 2.47. The van der Waals surface area contributed by atoms with Gasteiger partial charge in [-0.25, -0.2) is 29.5 Å². The fourth-order valence-corrected chi connectivity index (χ4v) is 3.32. The number of carbonyl (C=O) groups is 2. The predicted molar refractivity (Wildman–Crippen MR) is 140 cm³/mol. The van der Waals surface area contributed by atoms with Crippen molar-refractivity contribution in [1.82, 2.24) is 29.1 Å². The highest BCUT2D eigenvalue weighted by Crippen LogP contribution is 2.20. The van der Waals surface area contributed by atoms with Crippen LogP contribution in [0.4, 0.5) is 0 Å². The second-order valence-electron chi connectivity index (χ2n) is 6.78. The number of aliphatic hydroxyl groups excluding tert-OH is 1. The first-order valence-electron chi connectivity index (χ1n) is 10.3. The average Bonchev–Trinajstić information content (AvgIpc) is 3.57. The highest BCUT2D eigenvalue weighted by molar-refractivity contribution is 9.10. The SMILES string of the molecule is O=C(O)c1cc(Br)cnc1Cl.O=C(O)c1cc(Br)cnc1OCCn1ccnc1.OCCn1ccnc1. The lowest BCUT2D eigenvalue weighted by Crippen LogP contribution is -2.10. The lowest BCUT2D eigenvalue weighted by molar-refractivity contribution is 0.0682. The van der Waals surface area contributed by atoms with E-state index in [9.17, 15) is 9.59 Å². The summed E-state index contributed by atoms with van der Waals surface area (Å²) in [6.07, 6.45) is 13.3. The third kappa shape index (κ3) is 10.7. The van der Waals surface area contributed by atoms with Gasteiger partial charge in [-0.05, 0) is 44.0 Å². The number of carboxylic acid groups (broad SMARTS) is 2. The molecule has 0 saturated heterocycles. The van der Waals surface area contributed by atoms with E-state index in [1.807, 2.05) is 15.3 Å². The van der Waals surface area contributed by atoms with Gasteiger partial charge in [0.15, 0.2) is 0 Å². The fraction of sp³-hybridized carbons (Fsp3) is 0.182. The molecular weight excluding hydrogens is 640 g/mol. The topological polar surface area (TPSA) is 165 Å². The molecule has 0 aromatic carbocycles. The van der Waals surface area contributed by atoms with Crippen LogP contribution in [0.1, 0.15) is 20.7 Å².